The second kappa shape index (κ2) is 11.9. The lowest BCUT2D eigenvalue weighted by Gasteiger charge is -2.29. The van der Waals surface area contributed by atoms with Crippen molar-refractivity contribution < 1.29 is 23.8 Å². The highest BCUT2D eigenvalue weighted by Crippen LogP contribution is 2.44. The summed E-state index contributed by atoms with van der Waals surface area (Å²) in [5.74, 6) is 1.94. The lowest BCUT2D eigenvalue weighted by atomic mass is 10.1. The fourth-order valence-corrected chi connectivity index (χ4v) is 5.61. The second-order valence-corrected chi connectivity index (χ2v) is 9.40. The molecule has 3 aromatic rings. The first-order valence-electron chi connectivity index (χ1n) is 11.7. The van der Waals surface area contributed by atoms with E-state index in [4.69, 9.17) is 14.2 Å². The smallest absolute Gasteiger partial charge is 0.255 e. The zero-order valence-electron chi connectivity index (χ0n) is 20.6. The molecule has 3 aromatic carbocycles. The Bertz CT molecular complexity index is 1190. The maximum atomic E-state index is 13.8. The molecule has 0 aliphatic carbocycles. The number of ether oxygens (including phenoxy) is 3. The van der Waals surface area contributed by atoms with Crippen LogP contribution in [0.3, 0.4) is 0 Å². The number of thioether (sulfide) groups is 1. The first-order chi connectivity index (χ1) is 17.5. The number of carbonyl (C=O) groups is 2. The van der Waals surface area contributed by atoms with Gasteiger partial charge in [0.15, 0.2) is 11.5 Å². The largest absolute Gasteiger partial charge is 0.497 e. The van der Waals surface area contributed by atoms with Gasteiger partial charge in [-0.3, -0.25) is 9.59 Å². The van der Waals surface area contributed by atoms with E-state index in [1.165, 1.54) is 0 Å². The summed E-state index contributed by atoms with van der Waals surface area (Å²) in [6.07, 6.45) is 0.720. The van der Waals surface area contributed by atoms with Gasteiger partial charge >= 0.3 is 0 Å². The summed E-state index contributed by atoms with van der Waals surface area (Å²) in [5.41, 5.74) is 2.50. The highest BCUT2D eigenvalue weighted by molar-refractivity contribution is 7.99. The van der Waals surface area contributed by atoms with E-state index in [-0.39, 0.29) is 17.2 Å². The van der Waals surface area contributed by atoms with Gasteiger partial charge in [-0.15, -0.1) is 11.8 Å². The minimum Gasteiger partial charge on any atom is -0.497 e. The molecule has 7 nitrogen and oxygen atoms in total. The zero-order valence-corrected chi connectivity index (χ0v) is 21.4. The SMILES string of the molecule is COc1ccc(C(=O)N2C(C(=O)NCCc3ccccc3)CSC2c2ccc(OC)c(OC)c2)cc1. The van der Waals surface area contributed by atoms with Crippen molar-refractivity contribution in [3.05, 3.63) is 89.5 Å². The van der Waals surface area contributed by atoms with Crippen molar-refractivity contribution in [2.45, 2.75) is 17.8 Å². The first-order valence-corrected chi connectivity index (χ1v) is 12.7. The van der Waals surface area contributed by atoms with E-state index in [1.807, 2.05) is 48.5 Å². The van der Waals surface area contributed by atoms with Crippen LogP contribution < -0.4 is 19.5 Å². The lowest BCUT2D eigenvalue weighted by Crippen LogP contribution is -2.48. The van der Waals surface area contributed by atoms with Crippen molar-refractivity contribution in [1.82, 2.24) is 10.2 Å². The molecule has 2 atom stereocenters. The first kappa shape index (κ1) is 25.4. The van der Waals surface area contributed by atoms with E-state index in [0.717, 1.165) is 17.5 Å². The van der Waals surface area contributed by atoms with Crippen molar-refractivity contribution in [2.24, 2.45) is 0 Å². The maximum absolute atomic E-state index is 13.8. The van der Waals surface area contributed by atoms with Gasteiger partial charge in [0.2, 0.25) is 5.91 Å². The highest BCUT2D eigenvalue weighted by Gasteiger charge is 2.42. The van der Waals surface area contributed by atoms with Crippen LogP contribution in [0.15, 0.2) is 72.8 Å². The summed E-state index contributed by atoms with van der Waals surface area (Å²) in [6, 6.07) is 21.9. The number of nitrogens with zero attached hydrogens (tertiary/aromatic N) is 1. The van der Waals surface area contributed by atoms with Crippen LogP contribution in [0.2, 0.25) is 0 Å². The Labute approximate surface area is 215 Å². The quantitative estimate of drug-likeness (QED) is 0.466. The molecule has 2 amide bonds. The summed E-state index contributed by atoms with van der Waals surface area (Å²) in [5, 5.41) is 2.67. The summed E-state index contributed by atoms with van der Waals surface area (Å²) < 4.78 is 16.1. The van der Waals surface area contributed by atoms with Gasteiger partial charge in [0, 0.05) is 17.9 Å². The average molecular weight is 507 g/mol. The number of hydrogen-bond donors (Lipinski definition) is 1. The number of rotatable bonds is 9. The van der Waals surface area contributed by atoms with Gasteiger partial charge in [0.05, 0.1) is 21.3 Å². The normalized spacial score (nSPS) is 16.9. The predicted molar refractivity (Wildman–Crippen MR) is 141 cm³/mol. The minimum absolute atomic E-state index is 0.164. The Kier molecular flexibility index (Phi) is 8.38. The number of methoxy groups -OCH3 is 3. The highest BCUT2D eigenvalue weighted by atomic mass is 32.2. The van der Waals surface area contributed by atoms with Crippen LogP contribution in [0.25, 0.3) is 0 Å². The number of benzene rings is 3. The molecule has 1 N–H and O–H groups in total. The van der Waals surface area contributed by atoms with Crippen molar-refractivity contribution >= 4 is 23.6 Å². The van der Waals surface area contributed by atoms with Gasteiger partial charge in [-0.25, -0.2) is 0 Å². The molecular formula is C28H30N2O5S. The molecule has 0 aromatic heterocycles. The van der Waals surface area contributed by atoms with Crippen molar-refractivity contribution in [1.29, 1.82) is 0 Å². The van der Waals surface area contributed by atoms with Crippen LogP contribution in [-0.2, 0) is 11.2 Å². The molecule has 36 heavy (non-hydrogen) atoms. The number of carbonyl (C=O) groups excluding carboxylic acids is 2. The Balaban J connectivity index is 1.59. The van der Waals surface area contributed by atoms with Crippen molar-refractivity contribution in [3.8, 4) is 17.2 Å². The van der Waals surface area contributed by atoms with Gasteiger partial charge in [-0.05, 0) is 53.9 Å². The summed E-state index contributed by atoms with van der Waals surface area (Å²) in [6.45, 7) is 0.496. The van der Waals surface area contributed by atoms with Crippen LogP contribution in [0.1, 0.15) is 26.9 Å². The van der Waals surface area contributed by atoms with E-state index >= 15 is 0 Å². The molecule has 1 heterocycles. The third-order valence-electron chi connectivity index (χ3n) is 6.12. The standard InChI is InChI=1S/C28H30N2O5S/c1-33-22-12-9-20(10-13-22)27(32)30-23(26(31)29-16-15-19-7-5-4-6-8-19)18-36-28(30)21-11-14-24(34-2)25(17-21)35-3/h4-14,17,23,28H,15-16,18H2,1-3H3,(H,29,31). The Morgan fingerprint density at radius 2 is 1.64 bits per heavy atom. The molecule has 1 fully saturated rings. The molecule has 8 heteroatoms. The molecular weight excluding hydrogens is 476 g/mol. The van der Waals surface area contributed by atoms with Gasteiger partial charge in [-0.2, -0.15) is 0 Å². The lowest BCUT2D eigenvalue weighted by molar-refractivity contribution is -0.124. The predicted octanol–water partition coefficient (Wildman–Crippen LogP) is 4.33. The van der Waals surface area contributed by atoms with E-state index in [1.54, 1.807) is 62.3 Å². The van der Waals surface area contributed by atoms with Gasteiger partial charge < -0.3 is 24.4 Å². The fraction of sp³-hybridized carbons (Fsp3) is 0.286. The van der Waals surface area contributed by atoms with E-state index in [9.17, 15) is 9.59 Å². The summed E-state index contributed by atoms with van der Waals surface area (Å²) >= 11 is 1.56. The van der Waals surface area contributed by atoms with Crippen LogP contribution in [0.4, 0.5) is 0 Å². The molecule has 1 aliphatic rings. The van der Waals surface area contributed by atoms with Crippen LogP contribution in [0.5, 0.6) is 17.2 Å². The fourth-order valence-electron chi connectivity index (χ4n) is 4.19. The molecule has 0 bridgehead atoms. The van der Waals surface area contributed by atoms with E-state index < -0.39 is 6.04 Å². The van der Waals surface area contributed by atoms with E-state index in [2.05, 4.69) is 5.32 Å². The van der Waals surface area contributed by atoms with Crippen molar-refractivity contribution in [3.63, 3.8) is 0 Å². The molecule has 0 saturated carbocycles. The molecule has 0 spiro atoms. The average Bonchev–Trinajstić information content (AvgIpc) is 3.38. The molecule has 0 radical (unpaired) electrons. The third kappa shape index (κ3) is 5.60. The monoisotopic (exact) mass is 506 g/mol. The van der Waals surface area contributed by atoms with Crippen LogP contribution in [0, 0.1) is 0 Å². The van der Waals surface area contributed by atoms with Crippen LogP contribution in [-0.4, -0.2) is 56.4 Å². The number of nitrogens with one attached hydrogen (secondary N) is 1. The molecule has 1 aliphatic heterocycles. The third-order valence-corrected chi connectivity index (χ3v) is 7.45. The Morgan fingerprint density at radius 1 is 0.917 bits per heavy atom. The summed E-state index contributed by atoms with van der Waals surface area (Å²) in [7, 11) is 4.74. The number of amides is 2. The van der Waals surface area contributed by atoms with Gasteiger partial charge in [0.25, 0.3) is 5.91 Å². The van der Waals surface area contributed by atoms with E-state index in [0.29, 0.717) is 35.1 Å². The Hall–Kier alpha value is -3.65. The molecule has 4 rings (SSSR count). The van der Waals surface area contributed by atoms with Crippen molar-refractivity contribution in [2.75, 3.05) is 33.6 Å². The maximum Gasteiger partial charge on any atom is 0.255 e. The second-order valence-electron chi connectivity index (χ2n) is 8.28. The molecule has 188 valence electrons. The topological polar surface area (TPSA) is 77.1 Å². The van der Waals surface area contributed by atoms with Gasteiger partial charge in [0.1, 0.15) is 17.2 Å². The van der Waals surface area contributed by atoms with Crippen LogP contribution >= 0.6 is 11.8 Å². The molecule has 1 saturated heterocycles. The molecule has 2 unspecified atom stereocenters. The Morgan fingerprint density at radius 3 is 2.31 bits per heavy atom. The zero-order chi connectivity index (χ0) is 25.5. The summed E-state index contributed by atoms with van der Waals surface area (Å²) in [4.78, 5) is 28.7. The number of hydrogen-bond acceptors (Lipinski definition) is 6. The van der Waals surface area contributed by atoms with Gasteiger partial charge in [-0.1, -0.05) is 36.4 Å². The minimum atomic E-state index is -0.613.